The second kappa shape index (κ2) is 4.66. The highest BCUT2D eigenvalue weighted by Gasteiger charge is 2.15. The Morgan fingerprint density at radius 1 is 1.06 bits per heavy atom. The first kappa shape index (κ1) is 11.0. The number of rotatable bonds is 2. The van der Waals surface area contributed by atoms with Crippen molar-refractivity contribution in [3.05, 3.63) is 53.9 Å². The SMILES string of the molecule is NC(c1cccnc1)c1ccc2c(c1)OCCO2. The second-order valence-corrected chi connectivity index (χ2v) is 4.17. The van der Waals surface area contributed by atoms with Crippen LogP contribution in [0.3, 0.4) is 0 Å². The predicted octanol–water partition coefficient (Wildman–Crippen LogP) is 1.90. The molecule has 2 aromatic rings. The monoisotopic (exact) mass is 242 g/mol. The van der Waals surface area contributed by atoms with Gasteiger partial charge < -0.3 is 15.2 Å². The summed E-state index contributed by atoms with van der Waals surface area (Å²) in [5, 5.41) is 0. The average molecular weight is 242 g/mol. The van der Waals surface area contributed by atoms with Gasteiger partial charge in [-0.3, -0.25) is 4.98 Å². The highest BCUT2D eigenvalue weighted by Crippen LogP contribution is 2.33. The zero-order valence-electron chi connectivity index (χ0n) is 9.87. The van der Waals surface area contributed by atoms with Gasteiger partial charge in [0.1, 0.15) is 13.2 Å². The summed E-state index contributed by atoms with van der Waals surface area (Å²) in [7, 11) is 0. The highest BCUT2D eigenvalue weighted by molar-refractivity contribution is 5.46. The van der Waals surface area contributed by atoms with E-state index in [2.05, 4.69) is 4.98 Å². The number of benzene rings is 1. The van der Waals surface area contributed by atoms with E-state index in [1.54, 1.807) is 12.4 Å². The molecule has 0 spiro atoms. The summed E-state index contributed by atoms with van der Waals surface area (Å²) in [6.45, 7) is 1.18. The fourth-order valence-electron chi connectivity index (χ4n) is 2.01. The molecule has 18 heavy (non-hydrogen) atoms. The first-order chi connectivity index (χ1) is 8.84. The minimum absolute atomic E-state index is 0.200. The van der Waals surface area contributed by atoms with Crippen LogP contribution in [0.15, 0.2) is 42.7 Å². The minimum atomic E-state index is -0.200. The van der Waals surface area contributed by atoms with Crippen molar-refractivity contribution in [2.45, 2.75) is 6.04 Å². The molecule has 4 nitrogen and oxygen atoms in total. The molecule has 4 heteroatoms. The fourth-order valence-corrected chi connectivity index (χ4v) is 2.01. The van der Waals surface area contributed by atoms with Crippen molar-refractivity contribution in [3.8, 4) is 11.5 Å². The number of nitrogens with two attached hydrogens (primary N) is 1. The number of hydrogen-bond donors (Lipinski definition) is 1. The van der Waals surface area contributed by atoms with E-state index in [0.29, 0.717) is 13.2 Å². The van der Waals surface area contributed by atoms with Gasteiger partial charge in [0, 0.05) is 12.4 Å². The summed E-state index contributed by atoms with van der Waals surface area (Å²) in [4.78, 5) is 4.08. The van der Waals surface area contributed by atoms with E-state index in [0.717, 1.165) is 22.6 Å². The molecule has 1 unspecified atom stereocenters. The molecule has 0 amide bonds. The van der Waals surface area contributed by atoms with E-state index in [4.69, 9.17) is 15.2 Å². The molecule has 1 atom stereocenters. The molecule has 0 saturated carbocycles. The smallest absolute Gasteiger partial charge is 0.161 e. The molecule has 1 aliphatic rings. The molecular formula is C14H14N2O2. The first-order valence-electron chi connectivity index (χ1n) is 5.89. The summed E-state index contributed by atoms with van der Waals surface area (Å²) in [6.07, 6.45) is 3.52. The summed E-state index contributed by atoms with van der Waals surface area (Å²) in [5.41, 5.74) is 8.19. The molecule has 0 aliphatic carbocycles. The number of hydrogen-bond acceptors (Lipinski definition) is 4. The Morgan fingerprint density at radius 2 is 1.89 bits per heavy atom. The molecule has 0 saturated heterocycles. The molecule has 3 rings (SSSR count). The third kappa shape index (κ3) is 2.02. The van der Waals surface area contributed by atoms with E-state index >= 15 is 0 Å². The highest BCUT2D eigenvalue weighted by atomic mass is 16.6. The number of fused-ring (bicyclic) bond motifs is 1. The van der Waals surface area contributed by atoms with E-state index in [1.165, 1.54) is 0 Å². The van der Waals surface area contributed by atoms with E-state index in [-0.39, 0.29) is 6.04 Å². The van der Waals surface area contributed by atoms with Gasteiger partial charge in [-0.2, -0.15) is 0 Å². The van der Waals surface area contributed by atoms with Crippen LogP contribution in [0, 0.1) is 0 Å². The summed E-state index contributed by atoms with van der Waals surface area (Å²) in [6, 6.07) is 9.45. The third-order valence-electron chi connectivity index (χ3n) is 2.97. The van der Waals surface area contributed by atoms with Gasteiger partial charge in [0.05, 0.1) is 6.04 Å². The lowest BCUT2D eigenvalue weighted by Gasteiger charge is -2.20. The maximum Gasteiger partial charge on any atom is 0.161 e. The summed E-state index contributed by atoms with van der Waals surface area (Å²) < 4.78 is 11.0. The van der Waals surface area contributed by atoms with Gasteiger partial charge in [-0.25, -0.2) is 0 Å². The maximum atomic E-state index is 6.21. The average Bonchev–Trinajstić information content (AvgIpc) is 2.47. The number of pyridine rings is 1. The molecular weight excluding hydrogens is 228 g/mol. The first-order valence-corrected chi connectivity index (χ1v) is 5.89. The Balaban J connectivity index is 1.93. The Bertz CT molecular complexity index is 543. The van der Waals surface area contributed by atoms with Crippen molar-refractivity contribution < 1.29 is 9.47 Å². The van der Waals surface area contributed by atoms with Crippen molar-refractivity contribution in [2.75, 3.05) is 13.2 Å². The number of nitrogens with zero attached hydrogens (tertiary/aromatic N) is 1. The molecule has 1 aromatic carbocycles. The molecule has 1 aliphatic heterocycles. The lowest BCUT2D eigenvalue weighted by atomic mass is 10.0. The van der Waals surface area contributed by atoms with Crippen LogP contribution in [0.1, 0.15) is 17.2 Å². The minimum Gasteiger partial charge on any atom is -0.486 e. The van der Waals surface area contributed by atoms with Gasteiger partial charge in [-0.05, 0) is 29.3 Å². The van der Waals surface area contributed by atoms with Crippen molar-refractivity contribution in [1.29, 1.82) is 0 Å². The topological polar surface area (TPSA) is 57.4 Å². The Hall–Kier alpha value is -2.07. The van der Waals surface area contributed by atoms with Crippen LogP contribution in [0.4, 0.5) is 0 Å². The van der Waals surface area contributed by atoms with Gasteiger partial charge >= 0.3 is 0 Å². The van der Waals surface area contributed by atoms with Crippen LogP contribution < -0.4 is 15.2 Å². The van der Waals surface area contributed by atoms with Crippen LogP contribution in [0.2, 0.25) is 0 Å². The Morgan fingerprint density at radius 3 is 2.67 bits per heavy atom. The molecule has 2 N–H and O–H groups in total. The van der Waals surface area contributed by atoms with Crippen molar-refractivity contribution in [1.82, 2.24) is 4.98 Å². The van der Waals surface area contributed by atoms with Gasteiger partial charge in [-0.15, -0.1) is 0 Å². The Kier molecular flexibility index (Phi) is 2.86. The normalized spacial score (nSPS) is 15.2. The zero-order chi connectivity index (χ0) is 12.4. The lowest BCUT2D eigenvalue weighted by molar-refractivity contribution is 0.171. The fraction of sp³-hybridized carbons (Fsp3) is 0.214. The molecule has 92 valence electrons. The van der Waals surface area contributed by atoms with Crippen LogP contribution in [0.25, 0.3) is 0 Å². The predicted molar refractivity (Wildman–Crippen MR) is 67.7 cm³/mol. The number of aromatic nitrogens is 1. The maximum absolute atomic E-state index is 6.21. The van der Waals surface area contributed by atoms with E-state index in [9.17, 15) is 0 Å². The molecule has 1 aromatic heterocycles. The zero-order valence-corrected chi connectivity index (χ0v) is 9.87. The molecule has 0 bridgehead atoms. The van der Waals surface area contributed by atoms with Crippen LogP contribution in [-0.4, -0.2) is 18.2 Å². The van der Waals surface area contributed by atoms with Gasteiger partial charge in [0.15, 0.2) is 11.5 Å². The second-order valence-electron chi connectivity index (χ2n) is 4.17. The van der Waals surface area contributed by atoms with Gasteiger partial charge in [0.25, 0.3) is 0 Å². The summed E-state index contributed by atoms with van der Waals surface area (Å²) >= 11 is 0. The largest absolute Gasteiger partial charge is 0.486 e. The lowest BCUT2D eigenvalue weighted by Crippen LogP contribution is -2.17. The van der Waals surface area contributed by atoms with Gasteiger partial charge in [-0.1, -0.05) is 12.1 Å². The Labute approximate surface area is 105 Å². The van der Waals surface area contributed by atoms with Crippen LogP contribution in [-0.2, 0) is 0 Å². The molecule has 2 heterocycles. The summed E-state index contributed by atoms with van der Waals surface area (Å²) in [5.74, 6) is 1.54. The number of ether oxygens (including phenoxy) is 2. The van der Waals surface area contributed by atoms with Crippen molar-refractivity contribution in [3.63, 3.8) is 0 Å². The van der Waals surface area contributed by atoms with E-state index < -0.39 is 0 Å². The van der Waals surface area contributed by atoms with Crippen LogP contribution >= 0.6 is 0 Å². The quantitative estimate of drug-likeness (QED) is 0.873. The third-order valence-corrected chi connectivity index (χ3v) is 2.97. The molecule has 0 radical (unpaired) electrons. The standard InChI is InChI=1S/C14H14N2O2/c15-14(11-2-1-5-16-9-11)10-3-4-12-13(8-10)18-7-6-17-12/h1-5,8-9,14H,6-7,15H2. The van der Waals surface area contributed by atoms with Crippen molar-refractivity contribution >= 4 is 0 Å². The van der Waals surface area contributed by atoms with E-state index in [1.807, 2.05) is 30.3 Å². The van der Waals surface area contributed by atoms with Gasteiger partial charge in [0.2, 0.25) is 0 Å². The van der Waals surface area contributed by atoms with Crippen LogP contribution in [0.5, 0.6) is 11.5 Å². The molecule has 0 fully saturated rings. The van der Waals surface area contributed by atoms with Crippen molar-refractivity contribution in [2.24, 2.45) is 5.73 Å².